The minimum absolute atomic E-state index is 0.0904. The van der Waals surface area contributed by atoms with E-state index < -0.39 is 11.9 Å². The van der Waals surface area contributed by atoms with Crippen LogP contribution in [-0.2, 0) is 9.59 Å². The molecular weight excluding hydrogens is 132 g/mol. The first-order valence-electron chi connectivity index (χ1n) is 3.08. The standard InChI is InChI=1S/C7H8O3/c1-4-5(7(9)10)2-3-6(4)8/h2-5H,1H3,(H,9,10)/t4-,5+/m1/s1. The summed E-state index contributed by atoms with van der Waals surface area (Å²) in [5, 5.41) is 8.50. The van der Waals surface area contributed by atoms with Crippen molar-refractivity contribution >= 4 is 11.8 Å². The molecule has 0 radical (unpaired) electrons. The molecule has 0 amide bonds. The van der Waals surface area contributed by atoms with Crippen LogP contribution in [0.15, 0.2) is 12.2 Å². The van der Waals surface area contributed by atoms with Gasteiger partial charge in [0, 0.05) is 5.92 Å². The van der Waals surface area contributed by atoms with Crippen molar-refractivity contribution in [1.29, 1.82) is 0 Å². The average Bonchev–Trinajstić information content (AvgIpc) is 2.14. The lowest BCUT2D eigenvalue weighted by Crippen LogP contribution is -2.19. The molecule has 0 fully saturated rings. The fraction of sp³-hybridized carbons (Fsp3) is 0.429. The first kappa shape index (κ1) is 6.99. The second-order valence-corrected chi connectivity index (χ2v) is 2.41. The number of carboxylic acids is 1. The Labute approximate surface area is 58.4 Å². The largest absolute Gasteiger partial charge is 0.481 e. The Morgan fingerprint density at radius 2 is 2.30 bits per heavy atom. The minimum atomic E-state index is -0.922. The fourth-order valence-electron chi connectivity index (χ4n) is 0.990. The zero-order valence-electron chi connectivity index (χ0n) is 5.57. The molecule has 1 rings (SSSR count). The van der Waals surface area contributed by atoms with E-state index in [2.05, 4.69) is 0 Å². The van der Waals surface area contributed by atoms with Crippen LogP contribution < -0.4 is 0 Å². The Kier molecular flexibility index (Phi) is 1.57. The fourth-order valence-corrected chi connectivity index (χ4v) is 0.990. The summed E-state index contributed by atoms with van der Waals surface area (Å²) in [5.41, 5.74) is 0. The van der Waals surface area contributed by atoms with Crippen LogP contribution in [0.1, 0.15) is 6.92 Å². The van der Waals surface area contributed by atoms with Crippen LogP contribution >= 0.6 is 0 Å². The summed E-state index contributed by atoms with van der Waals surface area (Å²) >= 11 is 0. The highest BCUT2D eigenvalue weighted by molar-refractivity contribution is 5.98. The molecule has 0 unspecified atom stereocenters. The summed E-state index contributed by atoms with van der Waals surface area (Å²) in [7, 11) is 0. The van der Waals surface area contributed by atoms with E-state index in [0.29, 0.717) is 0 Å². The molecule has 2 atom stereocenters. The molecular formula is C7H8O3. The van der Waals surface area contributed by atoms with Gasteiger partial charge in [-0.05, 0) is 6.08 Å². The van der Waals surface area contributed by atoms with Crippen LogP contribution in [0.4, 0.5) is 0 Å². The Bertz CT molecular complexity index is 205. The number of rotatable bonds is 1. The van der Waals surface area contributed by atoms with Gasteiger partial charge in [0.15, 0.2) is 5.78 Å². The normalized spacial score (nSPS) is 31.1. The quantitative estimate of drug-likeness (QED) is 0.575. The van der Waals surface area contributed by atoms with E-state index in [1.54, 1.807) is 6.92 Å². The number of aliphatic carboxylic acids is 1. The molecule has 0 aromatic heterocycles. The van der Waals surface area contributed by atoms with Crippen molar-refractivity contribution in [2.24, 2.45) is 11.8 Å². The van der Waals surface area contributed by atoms with E-state index in [1.807, 2.05) is 0 Å². The van der Waals surface area contributed by atoms with Gasteiger partial charge >= 0.3 is 5.97 Å². The molecule has 3 nitrogen and oxygen atoms in total. The molecule has 1 N–H and O–H groups in total. The van der Waals surface area contributed by atoms with Gasteiger partial charge in [-0.25, -0.2) is 0 Å². The first-order valence-corrected chi connectivity index (χ1v) is 3.08. The second kappa shape index (κ2) is 2.25. The number of ketones is 1. The lowest BCUT2D eigenvalue weighted by atomic mass is 9.97. The van der Waals surface area contributed by atoms with Crippen molar-refractivity contribution in [3.05, 3.63) is 12.2 Å². The van der Waals surface area contributed by atoms with Crippen LogP contribution in [0, 0.1) is 11.8 Å². The highest BCUT2D eigenvalue weighted by Gasteiger charge is 2.30. The lowest BCUT2D eigenvalue weighted by Gasteiger charge is -2.05. The van der Waals surface area contributed by atoms with Crippen LogP contribution in [0.3, 0.4) is 0 Å². The number of hydrogen-bond acceptors (Lipinski definition) is 2. The van der Waals surface area contributed by atoms with E-state index in [1.165, 1.54) is 12.2 Å². The Morgan fingerprint density at radius 1 is 1.70 bits per heavy atom. The Hall–Kier alpha value is -1.12. The highest BCUT2D eigenvalue weighted by Crippen LogP contribution is 2.21. The summed E-state index contributed by atoms with van der Waals surface area (Å²) in [6, 6.07) is 0. The number of hydrogen-bond donors (Lipinski definition) is 1. The molecule has 0 aromatic rings. The van der Waals surface area contributed by atoms with Crippen molar-refractivity contribution < 1.29 is 14.7 Å². The van der Waals surface area contributed by atoms with Gasteiger partial charge in [0.2, 0.25) is 0 Å². The third-order valence-electron chi connectivity index (χ3n) is 1.74. The van der Waals surface area contributed by atoms with E-state index in [4.69, 9.17) is 5.11 Å². The molecule has 54 valence electrons. The molecule has 0 saturated carbocycles. The molecule has 3 heteroatoms. The summed E-state index contributed by atoms with van der Waals surface area (Å²) in [5.74, 6) is -1.99. The number of carbonyl (C=O) groups is 2. The molecule has 0 spiro atoms. The first-order chi connectivity index (χ1) is 4.63. The third-order valence-corrected chi connectivity index (χ3v) is 1.74. The summed E-state index contributed by atoms with van der Waals surface area (Å²) in [6.07, 6.45) is 2.78. The predicted octanol–water partition coefficient (Wildman–Crippen LogP) is 0.462. The maximum absolute atomic E-state index is 10.7. The van der Waals surface area contributed by atoms with Gasteiger partial charge in [-0.2, -0.15) is 0 Å². The maximum Gasteiger partial charge on any atom is 0.311 e. The summed E-state index contributed by atoms with van der Waals surface area (Å²) in [6.45, 7) is 1.63. The SMILES string of the molecule is C[C@H]1C(=O)C=C[C@@H]1C(=O)O. The molecule has 0 aliphatic heterocycles. The predicted molar refractivity (Wildman–Crippen MR) is 34.4 cm³/mol. The van der Waals surface area contributed by atoms with Gasteiger partial charge in [0.1, 0.15) is 0 Å². The van der Waals surface area contributed by atoms with E-state index >= 15 is 0 Å². The van der Waals surface area contributed by atoms with Crippen LogP contribution in [-0.4, -0.2) is 16.9 Å². The van der Waals surface area contributed by atoms with Crippen molar-refractivity contribution in [3.63, 3.8) is 0 Å². The molecule has 1 aliphatic carbocycles. The second-order valence-electron chi connectivity index (χ2n) is 2.41. The van der Waals surface area contributed by atoms with Crippen LogP contribution in [0.25, 0.3) is 0 Å². The van der Waals surface area contributed by atoms with Crippen LogP contribution in [0.5, 0.6) is 0 Å². The summed E-state index contributed by atoms with van der Waals surface area (Å²) < 4.78 is 0. The van der Waals surface area contributed by atoms with Crippen molar-refractivity contribution in [2.75, 3.05) is 0 Å². The molecule has 10 heavy (non-hydrogen) atoms. The molecule has 0 heterocycles. The third kappa shape index (κ3) is 0.943. The zero-order chi connectivity index (χ0) is 7.72. The van der Waals surface area contributed by atoms with Crippen LogP contribution in [0.2, 0.25) is 0 Å². The van der Waals surface area contributed by atoms with Gasteiger partial charge in [-0.1, -0.05) is 13.0 Å². The Balaban J connectivity index is 2.76. The summed E-state index contributed by atoms with van der Waals surface area (Å²) in [4.78, 5) is 21.1. The van der Waals surface area contributed by atoms with Crippen molar-refractivity contribution in [2.45, 2.75) is 6.92 Å². The van der Waals surface area contributed by atoms with E-state index in [0.717, 1.165) is 0 Å². The monoisotopic (exact) mass is 140 g/mol. The maximum atomic E-state index is 10.7. The topological polar surface area (TPSA) is 54.4 Å². The van der Waals surface area contributed by atoms with Crippen molar-refractivity contribution in [1.82, 2.24) is 0 Å². The average molecular weight is 140 g/mol. The Morgan fingerprint density at radius 3 is 2.50 bits per heavy atom. The van der Waals surface area contributed by atoms with Gasteiger partial charge < -0.3 is 5.11 Å². The van der Waals surface area contributed by atoms with Gasteiger partial charge in [0.05, 0.1) is 5.92 Å². The molecule has 0 bridgehead atoms. The van der Waals surface area contributed by atoms with Gasteiger partial charge in [-0.15, -0.1) is 0 Å². The smallest absolute Gasteiger partial charge is 0.311 e. The van der Waals surface area contributed by atoms with E-state index in [9.17, 15) is 9.59 Å². The van der Waals surface area contributed by atoms with Crippen molar-refractivity contribution in [3.8, 4) is 0 Å². The number of allylic oxidation sites excluding steroid dienone is 1. The molecule has 0 aromatic carbocycles. The lowest BCUT2D eigenvalue weighted by molar-refractivity contribution is -0.142. The zero-order valence-corrected chi connectivity index (χ0v) is 5.57. The van der Waals surface area contributed by atoms with Gasteiger partial charge in [-0.3, -0.25) is 9.59 Å². The molecule has 0 saturated heterocycles. The number of carboxylic acid groups (broad SMARTS) is 1. The van der Waals surface area contributed by atoms with Gasteiger partial charge in [0.25, 0.3) is 0 Å². The minimum Gasteiger partial charge on any atom is -0.481 e. The highest BCUT2D eigenvalue weighted by atomic mass is 16.4. The number of carbonyl (C=O) groups excluding carboxylic acids is 1. The van der Waals surface area contributed by atoms with E-state index in [-0.39, 0.29) is 11.7 Å². The molecule has 1 aliphatic rings.